The maximum atomic E-state index is 5.61. The first-order valence-electron chi connectivity index (χ1n) is 8.92. The molecule has 122 valence electrons. The molecule has 1 unspecified atom stereocenters. The van der Waals surface area contributed by atoms with Gasteiger partial charge < -0.3 is 16.0 Å². The van der Waals surface area contributed by atoms with E-state index in [1.807, 2.05) is 6.20 Å². The van der Waals surface area contributed by atoms with Gasteiger partial charge in [-0.3, -0.25) is 0 Å². The number of rotatable bonds is 13. The summed E-state index contributed by atoms with van der Waals surface area (Å²) in [7, 11) is 0. The Morgan fingerprint density at radius 2 is 1.76 bits per heavy atom. The molecule has 0 fully saturated rings. The number of hydrogen-bond acceptors (Lipinski definition) is 3. The van der Waals surface area contributed by atoms with Crippen LogP contribution in [0.5, 0.6) is 0 Å². The van der Waals surface area contributed by atoms with Crippen molar-refractivity contribution in [1.29, 1.82) is 0 Å². The number of nitrogens with one attached hydrogen (secondary N) is 1. The molecule has 0 aliphatic carbocycles. The van der Waals surface area contributed by atoms with Gasteiger partial charge in [-0.05, 0) is 25.7 Å². The summed E-state index contributed by atoms with van der Waals surface area (Å²) >= 11 is 0. The van der Waals surface area contributed by atoms with Crippen LogP contribution in [0, 0.1) is 0 Å². The molecule has 21 heavy (non-hydrogen) atoms. The lowest BCUT2D eigenvalue weighted by Crippen LogP contribution is -2.37. The molecule has 3 nitrogen and oxygen atoms in total. The monoisotopic (exact) mass is 293 g/mol. The molecule has 0 aromatic heterocycles. The van der Waals surface area contributed by atoms with Crippen molar-refractivity contribution in [1.82, 2.24) is 10.2 Å². The highest BCUT2D eigenvalue weighted by Gasteiger charge is 2.15. The van der Waals surface area contributed by atoms with Gasteiger partial charge >= 0.3 is 0 Å². The minimum absolute atomic E-state index is 0.441. The van der Waals surface area contributed by atoms with Crippen molar-refractivity contribution in [3.8, 4) is 0 Å². The van der Waals surface area contributed by atoms with E-state index in [1.54, 1.807) is 0 Å². The fourth-order valence-corrected chi connectivity index (χ4v) is 2.79. The standard InChI is InChI=1S/C18H35N3/c1-2-3-4-5-6-7-8-9-10-11-12-13-18-20-15-17-21(18)16-14-19/h10-11,15,17-18,20H,2-9,12-14,16,19H2,1H3/b11-10+. The van der Waals surface area contributed by atoms with Crippen LogP contribution in [-0.4, -0.2) is 24.2 Å². The van der Waals surface area contributed by atoms with Crippen LogP contribution >= 0.6 is 0 Å². The number of hydrogen-bond donors (Lipinski definition) is 2. The molecule has 1 aliphatic heterocycles. The Balaban J connectivity index is 1.91. The van der Waals surface area contributed by atoms with E-state index in [0.717, 1.165) is 25.9 Å². The highest BCUT2D eigenvalue weighted by atomic mass is 15.3. The molecule has 1 atom stereocenters. The van der Waals surface area contributed by atoms with Crippen LogP contribution in [0.4, 0.5) is 0 Å². The third-order valence-electron chi connectivity index (χ3n) is 4.09. The van der Waals surface area contributed by atoms with E-state index in [2.05, 4.69) is 35.5 Å². The summed E-state index contributed by atoms with van der Waals surface area (Å²) in [6, 6.07) is 0. The lowest BCUT2D eigenvalue weighted by atomic mass is 10.1. The topological polar surface area (TPSA) is 41.3 Å². The molecule has 0 saturated heterocycles. The summed E-state index contributed by atoms with van der Waals surface area (Å²) in [6.45, 7) is 3.93. The molecule has 0 radical (unpaired) electrons. The Morgan fingerprint density at radius 3 is 2.52 bits per heavy atom. The zero-order valence-electron chi connectivity index (χ0n) is 13.9. The molecular formula is C18H35N3. The lowest BCUT2D eigenvalue weighted by Gasteiger charge is -2.24. The predicted octanol–water partition coefficient (Wildman–Crippen LogP) is 4.12. The van der Waals surface area contributed by atoms with Crippen molar-refractivity contribution < 1.29 is 0 Å². The summed E-state index contributed by atoms with van der Waals surface area (Å²) in [5.41, 5.74) is 5.61. The largest absolute Gasteiger partial charge is 0.370 e. The Hall–Kier alpha value is -0.960. The second-order valence-electron chi connectivity index (χ2n) is 5.98. The van der Waals surface area contributed by atoms with Gasteiger partial charge in [0.15, 0.2) is 0 Å². The molecular weight excluding hydrogens is 258 g/mol. The Labute approximate surface area is 131 Å². The highest BCUT2D eigenvalue weighted by Crippen LogP contribution is 2.11. The van der Waals surface area contributed by atoms with E-state index in [4.69, 9.17) is 5.73 Å². The minimum atomic E-state index is 0.441. The second-order valence-corrected chi connectivity index (χ2v) is 5.98. The molecule has 1 aliphatic rings. The van der Waals surface area contributed by atoms with Gasteiger partial charge in [-0.25, -0.2) is 0 Å². The minimum Gasteiger partial charge on any atom is -0.370 e. The van der Waals surface area contributed by atoms with Gasteiger partial charge in [-0.1, -0.05) is 57.6 Å². The first-order chi connectivity index (χ1) is 10.4. The first kappa shape index (κ1) is 18.1. The number of allylic oxidation sites excluding steroid dienone is 2. The van der Waals surface area contributed by atoms with E-state index in [9.17, 15) is 0 Å². The fraction of sp³-hybridized carbons (Fsp3) is 0.778. The van der Waals surface area contributed by atoms with Crippen molar-refractivity contribution in [2.24, 2.45) is 5.73 Å². The normalized spacial score (nSPS) is 17.8. The molecule has 0 aromatic rings. The van der Waals surface area contributed by atoms with Crippen molar-refractivity contribution in [2.75, 3.05) is 13.1 Å². The Kier molecular flexibility index (Phi) is 11.0. The fourth-order valence-electron chi connectivity index (χ4n) is 2.79. The molecule has 1 rings (SSSR count). The average Bonchev–Trinajstić information content (AvgIpc) is 2.92. The van der Waals surface area contributed by atoms with E-state index < -0.39 is 0 Å². The van der Waals surface area contributed by atoms with Gasteiger partial charge in [-0.15, -0.1) is 0 Å². The SMILES string of the molecule is CCCCCCCCC/C=C/CCC1NC=CN1CCN. The lowest BCUT2D eigenvalue weighted by molar-refractivity contribution is 0.272. The summed E-state index contributed by atoms with van der Waals surface area (Å²) < 4.78 is 0. The van der Waals surface area contributed by atoms with Crippen LogP contribution in [0.3, 0.4) is 0 Å². The molecule has 3 N–H and O–H groups in total. The van der Waals surface area contributed by atoms with Crippen LogP contribution in [0.25, 0.3) is 0 Å². The summed E-state index contributed by atoms with van der Waals surface area (Å²) in [4.78, 5) is 2.30. The molecule has 0 saturated carbocycles. The van der Waals surface area contributed by atoms with Gasteiger partial charge in [0.05, 0.1) is 6.17 Å². The summed E-state index contributed by atoms with van der Waals surface area (Å²) in [5.74, 6) is 0. The van der Waals surface area contributed by atoms with Crippen LogP contribution in [-0.2, 0) is 0 Å². The van der Waals surface area contributed by atoms with E-state index >= 15 is 0 Å². The van der Waals surface area contributed by atoms with Gasteiger partial charge in [0, 0.05) is 25.5 Å². The number of nitrogens with zero attached hydrogens (tertiary/aromatic N) is 1. The maximum Gasteiger partial charge on any atom is 0.0984 e. The van der Waals surface area contributed by atoms with Crippen molar-refractivity contribution in [3.63, 3.8) is 0 Å². The Bertz CT molecular complexity index is 286. The summed E-state index contributed by atoms with van der Waals surface area (Å²) in [6.07, 6.45) is 22.6. The quantitative estimate of drug-likeness (QED) is 0.396. The van der Waals surface area contributed by atoms with Crippen LogP contribution in [0.2, 0.25) is 0 Å². The average molecular weight is 293 g/mol. The first-order valence-corrected chi connectivity index (χ1v) is 8.92. The number of unbranched alkanes of at least 4 members (excludes halogenated alkanes) is 7. The molecule has 0 spiro atoms. The van der Waals surface area contributed by atoms with Gasteiger partial charge in [0.2, 0.25) is 0 Å². The van der Waals surface area contributed by atoms with E-state index in [-0.39, 0.29) is 0 Å². The Morgan fingerprint density at radius 1 is 1.05 bits per heavy atom. The second kappa shape index (κ2) is 12.8. The van der Waals surface area contributed by atoms with Crippen molar-refractivity contribution >= 4 is 0 Å². The van der Waals surface area contributed by atoms with E-state index in [0.29, 0.717) is 6.17 Å². The van der Waals surface area contributed by atoms with Gasteiger partial charge in [-0.2, -0.15) is 0 Å². The highest BCUT2D eigenvalue weighted by molar-refractivity contribution is 4.95. The summed E-state index contributed by atoms with van der Waals surface area (Å²) in [5, 5.41) is 3.38. The molecule has 1 heterocycles. The van der Waals surface area contributed by atoms with Crippen molar-refractivity contribution in [3.05, 3.63) is 24.6 Å². The van der Waals surface area contributed by atoms with Gasteiger partial charge in [0.1, 0.15) is 0 Å². The zero-order valence-corrected chi connectivity index (χ0v) is 13.9. The molecule has 3 heteroatoms. The van der Waals surface area contributed by atoms with Crippen LogP contribution < -0.4 is 11.1 Å². The third-order valence-corrected chi connectivity index (χ3v) is 4.09. The predicted molar refractivity (Wildman–Crippen MR) is 92.8 cm³/mol. The van der Waals surface area contributed by atoms with Gasteiger partial charge in [0.25, 0.3) is 0 Å². The van der Waals surface area contributed by atoms with Crippen molar-refractivity contribution in [2.45, 2.75) is 77.3 Å². The maximum absolute atomic E-state index is 5.61. The van der Waals surface area contributed by atoms with E-state index in [1.165, 1.54) is 51.4 Å². The number of nitrogens with two attached hydrogens (primary N) is 1. The molecule has 0 aromatic carbocycles. The molecule has 0 amide bonds. The zero-order chi connectivity index (χ0) is 15.2. The third kappa shape index (κ3) is 8.82. The van der Waals surface area contributed by atoms with Crippen LogP contribution in [0.15, 0.2) is 24.6 Å². The van der Waals surface area contributed by atoms with Crippen LogP contribution in [0.1, 0.15) is 71.1 Å². The smallest absolute Gasteiger partial charge is 0.0984 e. The molecule has 0 bridgehead atoms.